The highest BCUT2D eigenvalue weighted by molar-refractivity contribution is 6.33. The minimum atomic E-state index is -0.472. The monoisotopic (exact) mass is 972 g/mol. The number of anilines is 4. The molecule has 2 saturated heterocycles. The zero-order chi connectivity index (χ0) is 47.8. The second-order valence-corrected chi connectivity index (χ2v) is 15.7. The van der Waals surface area contributed by atoms with Gasteiger partial charge in [-0.05, 0) is 31.4 Å². The summed E-state index contributed by atoms with van der Waals surface area (Å²) in [5.41, 5.74) is 2.15. The third-order valence-corrected chi connectivity index (χ3v) is 10.6. The highest BCUT2D eigenvalue weighted by Gasteiger charge is 2.26. The molecule has 0 saturated carbocycles. The molecule has 0 bridgehead atoms. The van der Waals surface area contributed by atoms with Gasteiger partial charge >= 0.3 is 0 Å². The van der Waals surface area contributed by atoms with Crippen LogP contribution in [0.1, 0.15) is 19.3 Å². The topological polar surface area (TPSA) is 222 Å². The molecule has 20 nitrogen and oxygen atoms in total. The molecule has 0 radical (unpaired) electrons. The van der Waals surface area contributed by atoms with Crippen LogP contribution in [0.15, 0.2) is 54.6 Å². The van der Waals surface area contributed by atoms with Crippen LogP contribution in [0.4, 0.5) is 45.5 Å². The van der Waals surface area contributed by atoms with Gasteiger partial charge in [0.05, 0.1) is 69.3 Å². The van der Waals surface area contributed by atoms with Crippen LogP contribution < -0.4 is 33.8 Å². The van der Waals surface area contributed by atoms with E-state index in [1.165, 1.54) is 52.0 Å². The van der Waals surface area contributed by atoms with Crippen LogP contribution in [-0.2, 0) is 4.74 Å². The fourth-order valence-corrected chi connectivity index (χ4v) is 7.20. The Labute approximate surface area is 389 Å². The fraction of sp³-hybridized carbons (Fsp3) is 0.400. The largest absolute Gasteiger partial charge is 0.495 e. The molecule has 348 valence electrons. The number of piperidine rings is 1. The molecule has 0 unspecified atom stereocenters. The molecular weight excluding hydrogens is 926 g/mol. The van der Waals surface area contributed by atoms with Crippen molar-refractivity contribution in [3.63, 3.8) is 0 Å². The normalized spacial score (nSPS) is 13.0. The second-order valence-electron chi connectivity index (χ2n) is 14.0. The molecule has 0 amide bonds. The first-order chi connectivity index (χ1) is 30.2. The Morgan fingerprint density at radius 2 is 0.891 bits per heavy atom. The summed E-state index contributed by atoms with van der Waals surface area (Å²) in [6, 6.07) is 13.4. The van der Waals surface area contributed by atoms with Crippen LogP contribution in [0.3, 0.4) is 0 Å². The molecule has 2 fully saturated rings. The van der Waals surface area contributed by atoms with Crippen LogP contribution in [0.25, 0.3) is 0 Å². The molecule has 24 heteroatoms. The molecule has 0 spiro atoms. The van der Waals surface area contributed by atoms with Crippen LogP contribution >= 0.6 is 46.4 Å². The molecule has 4 aromatic rings. The molecule has 2 heterocycles. The van der Waals surface area contributed by atoms with E-state index in [9.17, 15) is 40.5 Å². The van der Waals surface area contributed by atoms with Crippen molar-refractivity contribution in [3.05, 3.63) is 115 Å². The third-order valence-electron chi connectivity index (χ3n) is 9.48. The van der Waals surface area contributed by atoms with Gasteiger partial charge in [0.1, 0.15) is 40.0 Å². The summed E-state index contributed by atoms with van der Waals surface area (Å²) in [6.45, 7) is 4.03. The lowest BCUT2D eigenvalue weighted by Gasteiger charge is -2.28. The van der Waals surface area contributed by atoms with Gasteiger partial charge in [-0.1, -0.05) is 46.4 Å². The molecule has 0 aromatic heterocycles. The van der Waals surface area contributed by atoms with Crippen LogP contribution in [0.5, 0.6) is 17.2 Å². The molecule has 0 atom stereocenters. The standard InChI is InChI=1S/C12H15ClN2O3.C11H13ClN2O4.C9H11ClN2O3.C8H9ClN2O2/c1-18-12-8-10(14-5-3-2-4-6-14)11(15(16)17)7-9(12)13;1-17-11-7-9(13-2-4-18-5-3-13)10(14(15)16)6-8(11)12;1-11(2)7-5-9(15-3)6(10)4-8(7)12(13)14;1-10(2)7-4-3-6(9)5-8(7)11(12)13/h7-8H,2-6H2,1H3;6-7H,2-5H2,1H3;4-5H,1-3H3;3-5H,1-2H3. The van der Waals surface area contributed by atoms with E-state index in [2.05, 4.69) is 0 Å². The van der Waals surface area contributed by atoms with Crippen molar-refractivity contribution in [3.8, 4) is 17.2 Å². The maximum atomic E-state index is 11.1. The summed E-state index contributed by atoms with van der Waals surface area (Å²) < 4.78 is 20.5. The van der Waals surface area contributed by atoms with Crippen molar-refractivity contribution in [2.75, 3.05) is 109 Å². The summed E-state index contributed by atoms with van der Waals surface area (Å²) >= 11 is 23.3. The number of nitrogens with zero attached hydrogens (tertiary/aromatic N) is 8. The SMILES string of the molecule is CN(C)c1ccc(Cl)cc1[N+](=O)[O-].COc1cc(N(C)C)c([N+](=O)[O-])cc1Cl.COc1cc(N2CCCCC2)c([N+](=O)[O-])cc1Cl.COc1cc(N2CCOCC2)c([N+](=O)[O-])cc1Cl. The predicted molar refractivity (Wildman–Crippen MR) is 250 cm³/mol. The maximum absolute atomic E-state index is 11.1. The molecule has 2 aliphatic heterocycles. The van der Waals surface area contributed by atoms with E-state index < -0.39 is 19.7 Å². The summed E-state index contributed by atoms with van der Waals surface area (Å²) in [6.07, 6.45) is 3.29. The van der Waals surface area contributed by atoms with Crippen molar-refractivity contribution in [1.82, 2.24) is 0 Å². The van der Waals surface area contributed by atoms with Gasteiger partial charge in [-0.3, -0.25) is 40.5 Å². The van der Waals surface area contributed by atoms with Gasteiger partial charge in [0.2, 0.25) is 0 Å². The van der Waals surface area contributed by atoms with Gasteiger partial charge in [-0.25, -0.2) is 0 Å². The predicted octanol–water partition coefficient (Wildman–Crippen LogP) is 9.98. The van der Waals surface area contributed by atoms with Gasteiger partial charge in [-0.2, -0.15) is 0 Å². The Hall–Kier alpha value is -5.80. The number of nitro groups is 4. The fourth-order valence-electron chi connectivity index (χ4n) is 6.33. The average Bonchev–Trinajstić information content (AvgIpc) is 3.27. The summed E-state index contributed by atoms with van der Waals surface area (Å²) in [5.74, 6) is 1.33. The van der Waals surface area contributed by atoms with E-state index in [1.807, 2.05) is 9.80 Å². The molecule has 2 aliphatic rings. The number of halogens is 4. The Morgan fingerprint density at radius 3 is 1.28 bits per heavy atom. The van der Waals surface area contributed by atoms with E-state index in [1.54, 1.807) is 68.3 Å². The first kappa shape index (κ1) is 52.5. The van der Waals surface area contributed by atoms with E-state index >= 15 is 0 Å². The lowest BCUT2D eigenvalue weighted by molar-refractivity contribution is -0.384. The van der Waals surface area contributed by atoms with Crippen LogP contribution in [-0.4, -0.2) is 109 Å². The van der Waals surface area contributed by atoms with Gasteiger partial charge < -0.3 is 38.5 Å². The van der Waals surface area contributed by atoms with Gasteiger partial charge in [0.25, 0.3) is 22.7 Å². The van der Waals surface area contributed by atoms with Crippen molar-refractivity contribution in [2.45, 2.75) is 19.3 Å². The lowest BCUT2D eigenvalue weighted by atomic mass is 10.1. The number of nitro benzene ring substituents is 4. The molecule has 64 heavy (non-hydrogen) atoms. The minimum Gasteiger partial charge on any atom is -0.495 e. The lowest BCUT2D eigenvalue weighted by Crippen LogP contribution is -2.36. The van der Waals surface area contributed by atoms with Crippen molar-refractivity contribution in [1.29, 1.82) is 0 Å². The number of rotatable bonds is 11. The van der Waals surface area contributed by atoms with Crippen molar-refractivity contribution >= 4 is 91.9 Å². The maximum Gasteiger partial charge on any atom is 0.294 e. The molecule has 4 aromatic carbocycles. The Kier molecular flexibility index (Phi) is 20.4. The summed E-state index contributed by atoms with van der Waals surface area (Å²) in [7, 11) is 11.4. The van der Waals surface area contributed by atoms with E-state index in [0.29, 0.717) is 71.3 Å². The van der Waals surface area contributed by atoms with Crippen molar-refractivity contribution < 1.29 is 38.6 Å². The zero-order valence-corrected chi connectivity index (χ0v) is 39.1. The Balaban J connectivity index is 0.000000229. The second kappa shape index (κ2) is 24.9. The molecular formula is C40H48Cl4N8O12. The van der Waals surface area contributed by atoms with Gasteiger partial charge in [0.15, 0.2) is 0 Å². The minimum absolute atomic E-state index is 0.0114. The van der Waals surface area contributed by atoms with E-state index in [4.69, 9.17) is 65.4 Å². The Bertz CT molecular complexity index is 2190. The van der Waals surface area contributed by atoms with Crippen molar-refractivity contribution in [2.24, 2.45) is 0 Å². The van der Waals surface area contributed by atoms with Crippen LogP contribution in [0.2, 0.25) is 20.1 Å². The number of ether oxygens (including phenoxy) is 4. The number of hydrogen-bond acceptors (Lipinski definition) is 16. The number of morpholine rings is 1. The number of methoxy groups -OCH3 is 3. The average molecular weight is 975 g/mol. The van der Waals surface area contributed by atoms with E-state index in [-0.39, 0.29) is 37.8 Å². The smallest absolute Gasteiger partial charge is 0.294 e. The van der Waals surface area contributed by atoms with E-state index in [0.717, 1.165) is 25.9 Å². The third kappa shape index (κ3) is 14.4. The Morgan fingerprint density at radius 1 is 0.516 bits per heavy atom. The molecule has 0 aliphatic carbocycles. The first-order valence-electron chi connectivity index (χ1n) is 19.2. The zero-order valence-electron chi connectivity index (χ0n) is 36.0. The highest BCUT2D eigenvalue weighted by Crippen LogP contribution is 2.40. The summed E-state index contributed by atoms with van der Waals surface area (Å²) in [5, 5.41) is 44.6. The summed E-state index contributed by atoms with van der Waals surface area (Å²) in [4.78, 5) is 49.0. The highest BCUT2D eigenvalue weighted by atomic mass is 35.5. The molecule has 6 rings (SSSR count). The quantitative estimate of drug-likeness (QED) is 0.101. The molecule has 0 N–H and O–H groups in total. The number of benzene rings is 4. The van der Waals surface area contributed by atoms with Crippen LogP contribution in [0, 0.1) is 40.5 Å². The first-order valence-corrected chi connectivity index (χ1v) is 20.7. The van der Waals surface area contributed by atoms with Gasteiger partial charge in [0, 0.05) is 102 Å². The van der Waals surface area contributed by atoms with Gasteiger partial charge in [-0.15, -0.1) is 0 Å². The number of hydrogen-bond donors (Lipinski definition) is 0.